The lowest BCUT2D eigenvalue weighted by atomic mass is 10.1. The zero-order valence-corrected chi connectivity index (χ0v) is 23.0. The van der Waals surface area contributed by atoms with E-state index in [-0.39, 0.29) is 24.1 Å². The first-order valence-corrected chi connectivity index (χ1v) is 14.1. The molecular formula is C27H39N3O5S. The van der Waals surface area contributed by atoms with Gasteiger partial charge in [-0.15, -0.1) is 0 Å². The number of carbonyl (C=O) groups is 2. The van der Waals surface area contributed by atoms with Crippen LogP contribution in [0.5, 0.6) is 5.75 Å². The van der Waals surface area contributed by atoms with Crippen LogP contribution in [-0.4, -0.2) is 64.2 Å². The van der Waals surface area contributed by atoms with Crippen molar-refractivity contribution < 1.29 is 22.7 Å². The second-order valence-electron chi connectivity index (χ2n) is 9.33. The number of benzene rings is 2. The minimum absolute atomic E-state index is 0.244. The van der Waals surface area contributed by atoms with E-state index in [0.29, 0.717) is 25.1 Å². The van der Waals surface area contributed by atoms with Gasteiger partial charge in [0.1, 0.15) is 18.3 Å². The van der Waals surface area contributed by atoms with Crippen LogP contribution in [0.4, 0.5) is 5.69 Å². The van der Waals surface area contributed by atoms with Gasteiger partial charge in [0.05, 0.1) is 19.1 Å². The van der Waals surface area contributed by atoms with E-state index in [4.69, 9.17) is 4.74 Å². The van der Waals surface area contributed by atoms with Gasteiger partial charge in [-0.25, -0.2) is 8.42 Å². The van der Waals surface area contributed by atoms with Gasteiger partial charge in [-0.3, -0.25) is 13.9 Å². The number of rotatable bonds is 13. The van der Waals surface area contributed by atoms with Crippen LogP contribution in [0.3, 0.4) is 0 Å². The van der Waals surface area contributed by atoms with E-state index in [0.717, 1.165) is 21.7 Å². The average Bonchev–Trinajstić information content (AvgIpc) is 2.83. The lowest BCUT2D eigenvalue weighted by Gasteiger charge is -2.33. The summed E-state index contributed by atoms with van der Waals surface area (Å²) in [4.78, 5) is 28.3. The highest BCUT2D eigenvalue weighted by atomic mass is 32.2. The number of hydrogen-bond donors (Lipinski definition) is 1. The fraction of sp³-hybridized carbons (Fsp3) is 0.481. The number of carbonyl (C=O) groups excluding carboxylic acids is 2. The van der Waals surface area contributed by atoms with Crippen LogP contribution in [0.1, 0.15) is 38.3 Å². The minimum Gasteiger partial charge on any atom is -0.495 e. The SMILES string of the molecule is CCC(C(=O)NCC(C)C)N(CCc1ccccc1)C(=O)CN(c1cc(C)ccc1OC)S(C)(=O)=O. The lowest BCUT2D eigenvalue weighted by molar-refractivity contribution is -0.139. The number of methoxy groups -OCH3 is 1. The molecule has 0 spiro atoms. The highest BCUT2D eigenvalue weighted by Gasteiger charge is 2.32. The maximum atomic E-state index is 13.7. The molecule has 0 saturated carbocycles. The third kappa shape index (κ3) is 8.26. The third-order valence-corrected chi connectivity index (χ3v) is 6.96. The van der Waals surface area contributed by atoms with Crippen LogP contribution in [0.15, 0.2) is 48.5 Å². The van der Waals surface area contributed by atoms with Crippen molar-refractivity contribution in [3.8, 4) is 5.75 Å². The predicted octanol–water partition coefficient (Wildman–Crippen LogP) is 3.39. The fourth-order valence-electron chi connectivity index (χ4n) is 3.91. The van der Waals surface area contributed by atoms with Crippen LogP contribution >= 0.6 is 0 Å². The molecule has 0 saturated heterocycles. The van der Waals surface area contributed by atoms with E-state index in [1.54, 1.807) is 12.1 Å². The van der Waals surface area contributed by atoms with Crippen LogP contribution in [-0.2, 0) is 26.0 Å². The van der Waals surface area contributed by atoms with Gasteiger partial charge in [0.25, 0.3) is 0 Å². The first kappa shape index (κ1) is 29.2. The van der Waals surface area contributed by atoms with Crippen molar-refractivity contribution in [1.82, 2.24) is 10.2 Å². The Morgan fingerprint density at radius 1 is 1.08 bits per heavy atom. The van der Waals surface area contributed by atoms with Crippen molar-refractivity contribution >= 4 is 27.5 Å². The van der Waals surface area contributed by atoms with E-state index in [1.807, 2.05) is 64.1 Å². The Hall–Kier alpha value is -3.07. The maximum Gasteiger partial charge on any atom is 0.244 e. The summed E-state index contributed by atoms with van der Waals surface area (Å²) in [7, 11) is -2.38. The molecule has 0 aliphatic heterocycles. The van der Waals surface area contributed by atoms with Crippen molar-refractivity contribution in [2.24, 2.45) is 5.92 Å². The highest BCUT2D eigenvalue weighted by Crippen LogP contribution is 2.31. The number of nitrogens with zero attached hydrogens (tertiary/aromatic N) is 2. The Labute approximate surface area is 215 Å². The molecule has 2 amide bonds. The molecule has 8 nitrogen and oxygen atoms in total. The number of nitrogens with one attached hydrogen (secondary N) is 1. The monoisotopic (exact) mass is 517 g/mol. The van der Waals surface area contributed by atoms with Crippen molar-refractivity contribution in [2.75, 3.05) is 37.3 Å². The van der Waals surface area contributed by atoms with Gasteiger partial charge in [0.2, 0.25) is 21.8 Å². The van der Waals surface area contributed by atoms with Gasteiger partial charge in [0, 0.05) is 13.1 Å². The summed E-state index contributed by atoms with van der Waals surface area (Å²) in [6.07, 6.45) is 1.99. The Balaban J connectivity index is 2.41. The lowest BCUT2D eigenvalue weighted by Crippen LogP contribution is -2.53. The molecular weight excluding hydrogens is 478 g/mol. The normalized spacial score (nSPS) is 12.2. The number of ether oxygens (including phenoxy) is 1. The number of sulfonamides is 1. The molecule has 0 heterocycles. The Morgan fingerprint density at radius 2 is 1.75 bits per heavy atom. The first-order chi connectivity index (χ1) is 17.0. The number of anilines is 1. The van der Waals surface area contributed by atoms with Crippen molar-refractivity contribution in [3.05, 3.63) is 59.7 Å². The second-order valence-corrected chi connectivity index (χ2v) is 11.2. The van der Waals surface area contributed by atoms with Crippen LogP contribution in [0.2, 0.25) is 0 Å². The number of hydrogen-bond acceptors (Lipinski definition) is 5. The van der Waals surface area contributed by atoms with E-state index >= 15 is 0 Å². The summed E-state index contributed by atoms with van der Waals surface area (Å²) in [6, 6.07) is 14.1. The molecule has 198 valence electrons. The molecule has 1 atom stereocenters. The largest absolute Gasteiger partial charge is 0.495 e. The molecule has 0 aliphatic carbocycles. The summed E-state index contributed by atoms with van der Waals surface area (Å²) in [5, 5.41) is 2.92. The second kappa shape index (κ2) is 13.3. The Bertz CT molecular complexity index is 1120. The van der Waals surface area contributed by atoms with Crippen LogP contribution in [0, 0.1) is 12.8 Å². The molecule has 36 heavy (non-hydrogen) atoms. The molecule has 0 radical (unpaired) electrons. The van der Waals surface area contributed by atoms with Crippen molar-refractivity contribution in [1.29, 1.82) is 0 Å². The molecule has 0 aliphatic rings. The standard InChI is InChI=1S/C27H39N3O5S/c1-7-23(27(32)28-18-20(2)3)29(16-15-22-11-9-8-10-12-22)26(31)19-30(36(6,33)34)24-17-21(4)13-14-25(24)35-5/h8-14,17,20,23H,7,15-16,18-19H2,1-6H3,(H,28,32). The van der Waals surface area contributed by atoms with Gasteiger partial charge in [0.15, 0.2) is 0 Å². The molecule has 0 fully saturated rings. The van der Waals surface area contributed by atoms with E-state index in [1.165, 1.54) is 12.0 Å². The first-order valence-electron chi connectivity index (χ1n) is 12.2. The number of aryl methyl sites for hydroxylation is 1. The fourth-order valence-corrected chi connectivity index (χ4v) is 4.75. The smallest absolute Gasteiger partial charge is 0.244 e. The zero-order valence-electron chi connectivity index (χ0n) is 22.2. The molecule has 1 unspecified atom stereocenters. The van der Waals surface area contributed by atoms with E-state index in [2.05, 4.69) is 5.32 Å². The molecule has 2 aromatic carbocycles. The van der Waals surface area contributed by atoms with Gasteiger partial charge in [-0.05, 0) is 48.9 Å². The predicted molar refractivity (Wildman–Crippen MR) is 144 cm³/mol. The maximum absolute atomic E-state index is 13.7. The third-order valence-electron chi connectivity index (χ3n) is 5.84. The molecule has 0 bridgehead atoms. The summed E-state index contributed by atoms with van der Waals surface area (Å²) < 4.78 is 32.1. The summed E-state index contributed by atoms with van der Waals surface area (Å²) in [5.74, 6) is -0.0936. The zero-order chi connectivity index (χ0) is 26.9. The Kier molecular flexibility index (Phi) is 10.8. The van der Waals surface area contributed by atoms with E-state index < -0.39 is 28.5 Å². The van der Waals surface area contributed by atoms with Gasteiger partial charge >= 0.3 is 0 Å². The van der Waals surface area contributed by atoms with Crippen LogP contribution < -0.4 is 14.4 Å². The van der Waals surface area contributed by atoms with Crippen LogP contribution in [0.25, 0.3) is 0 Å². The highest BCUT2D eigenvalue weighted by molar-refractivity contribution is 7.92. The van der Waals surface area contributed by atoms with Gasteiger partial charge < -0.3 is 15.0 Å². The molecule has 0 aromatic heterocycles. The topological polar surface area (TPSA) is 96.0 Å². The molecule has 2 rings (SSSR count). The number of amides is 2. The van der Waals surface area contributed by atoms with Crippen molar-refractivity contribution in [2.45, 2.75) is 46.6 Å². The van der Waals surface area contributed by atoms with Crippen molar-refractivity contribution in [3.63, 3.8) is 0 Å². The van der Waals surface area contributed by atoms with Gasteiger partial charge in [-0.2, -0.15) is 0 Å². The average molecular weight is 518 g/mol. The minimum atomic E-state index is -3.83. The summed E-state index contributed by atoms with van der Waals surface area (Å²) in [5.41, 5.74) is 2.13. The van der Waals surface area contributed by atoms with E-state index in [9.17, 15) is 18.0 Å². The molecule has 9 heteroatoms. The molecule has 1 N–H and O–H groups in total. The quantitative estimate of drug-likeness (QED) is 0.439. The summed E-state index contributed by atoms with van der Waals surface area (Å²) >= 11 is 0. The van der Waals surface area contributed by atoms with Gasteiger partial charge in [-0.1, -0.05) is 57.2 Å². The molecule has 2 aromatic rings. The summed E-state index contributed by atoms with van der Waals surface area (Å²) in [6.45, 7) is 8.01. The Morgan fingerprint density at radius 3 is 2.31 bits per heavy atom.